The Morgan fingerprint density at radius 1 is 1.17 bits per heavy atom. The highest BCUT2D eigenvalue weighted by molar-refractivity contribution is 5.90. The molecule has 1 saturated carbocycles. The third-order valence-electron chi connectivity index (χ3n) is 4.92. The molecule has 2 N–H and O–H groups in total. The third kappa shape index (κ3) is 2.58. The van der Waals surface area contributed by atoms with E-state index >= 15 is 0 Å². The second-order valence-corrected chi connectivity index (χ2v) is 6.53. The Kier molecular flexibility index (Phi) is 3.60. The Bertz CT molecular complexity index is 682. The molecular formula is C17H19NO6. The number of nitrogens with one attached hydrogen (secondary N) is 1. The van der Waals surface area contributed by atoms with Gasteiger partial charge in [-0.1, -0.05) is 6.07 Å². The number of hydrogen-bond donors (Lipinski definition) is 2. The Hall–Kier alpha value is -2.28. The molecule has 0 bridgehead atoms. The van der Waals surface area contributed by atoms with Crippen LogP contribution in [0.4, 0.5) is 0 Å². The molecule has 1 aliphatic carbocycles. The van der Waals surface area contributed by atoms with Crippen LogP contribution in [0.2, 0.25) is 0 Å². The zero-order chi connectivity index (χ0) is 16.7. The first-order chi connectivity index (χ1) is 11.6. The van der Waals surface area contributed by atoms with Crippen LogP contribution in [-0.2, 0) is 14.3 Å². The molecule has 1 aromatic rings. The van der Waals surface area contributed by atoms with Crippen molar-refractivity contribution < 1.29 is 28.9 Å². The molecule has 1 saturated heterocycles. The fraction of sp³-hybridized carbons (Fsp3) is 0.529. The Morgan fingerprint density at radius 2 is 1.96 bits per heavy atom. The number of carbonyl (C=O) groups excluding carboxylic acids is 1. The van der Waals surface area contributed by atoms with Crippen molar-refractivity contribution in [3.05, 3.63) is 23.8 Å². The molecule has 2 heterocycles. The average molecular weight is 333 g/mol. The van der Waals surface area contributed by atoms with Crippen molar-refractivity contribution >= 4 is 11.9 Å². The number of rotatable bonds is 4. The Morgan fingerprint density at radius 3 is 2.67 bits per heavy atom. The molecule has 4 rings (SSSR count). The number of ether oxygens (including phenoxy) is 3. The summed E-state index contributed by atoms with van der Waals surface area (Å²) in [6.45, 7) is 1.44. The van der Waals surface area contributed by atoms with Crippen molar-refractivity contribution in [1.29, 1.82) is 0 Å². The van der Waals surface area contributed by atoms with Gasteiger partial charge in [0.05, 0.1) is 6.61 Å². The SMILES string of the molecule is O=C(NC1(C(=O)O)CCOC1)C1CC1c1ccc2c(c1)OCCO2. The summed E-state index contributed by atoms with van der Waals surface area (Å²) in [5.41, 5.74) is -0.261. The summed E-state index contributed by atoms with van der Waals surface area (Å²) < 4.78 is 16.2. The lowest BCUT2D eigenvalue weighted by Crippen LogP contribution is -2.55. The number of carbonyl (C=O) groups is 2. The minimum absolute atomic E-state index is 0.0233. The highest BCUT2D eigenvalue weighted by Gasteiger charge is 2.50. The standard InChI is InChI=1S/C17H19NO6/c19-15(18-17(16(20)21)3-4-22-9-17)12-8-11(12)10-1-2-13-14(7-10)24-6-5-23-13/h1-2,7,11-12H,3-6,8-9H2,(H,18,19)(H,20,21). The van der Waals surface area contributed by atoms with Crippen molar-refractivity contribution in [3.8, 4) is 11.5 Å². The van der Waals surface area contributed by atoms with Gasteiger partial charge in [0.2, 0.25) is 5.91 Å². The van der Waals surface area contributed by atoms with Crippen LogP contribution in [0.25, 0.3) is 0 Å². The average Bonchev–Trinajstić information content (AvgIpc) is 3.26. The van der Waals surface area contributed by atoms with Gasteiger partial charge in [0.1, 0.15) is 13.2 Å². The van der Waals surface area contributed by atoms with Crippen molar-refractivity contribution in [3.63, 3.8) is 0 Å². The zero-order valence-corrected chi connectivity index (χ0v) is 13.1. The number of carboxylic acids is 1. The lowest BCUT2D eigenvalue weighted by Gasteiger charge is -2.23. The molecule has 3 aliphatic rings. The zero-order valence-electron chi connectivity index (χ0n) is 13.1. The molecular weight excluding hydrogens is 314 g/mol. The molecule has 24 heavy (non-hydrogen) atoms. The van der Waals surface area contributed by atoms with E-state index in [1.165, 1.54) is 0 Å². The van der Waals surface area contributed by atoms with Crippen LogP contribution < -0.4 is 14.8 Å². The van der Waals surface area contributed by atoms with Crippen LogP contribution in [0.1, 0.15) is 24.3 Å². The van der Waals surface area contributed by atoms with Gasteiger partial charge in [-0.05, 0) is 30.0 Å². The fourth-order valence-corrected chi connectivity index (χ4v) is 3.36. The highest BCUT2D eigenvalue weighted by Crippen LogP contribution is 2.49. The summed E-state index contributed by atoms with van der Waals surface area (Å²) >= 11 is 0. The maximum absolute atomic E-state index is 12.5. The van der Waals surface area contributed by atoms with Crippen LogP contribution in [0.15, 0.2) is 18.2 Å². The van der Waals surface area contributed by atoms with E-state index in [1.54, 1.807) is 0 Å². The number of carboxylic acid groups (broad SMARTS) is 1. The van der Waals surface area contributed by atoms with Crippen LogP contribution >= 0.6 is 0 Å². The lowest BCUT2D eigenvalue weighted by atomic mass is 9.98. The maximum atomic E-state index is 12.5. The van der Waals surface area contributed by atoms with Crippen molar-refractivity contribution in [2.24, 2.45) is 5.92 Å². The van der Waals surface area contributed by atoms with Crippen LogP contribution in [0.5, 0.6) is 11.5 Å². The van der Waals surface area contributed by atoms with Crippen LogP contribution in [0.3, 0.4) is 0 Å². The smallest absolute Gasteiger partial charge is 0.331 e. The second-order valence-electron chi connectivity index (χ2n) is 6.53. The van der Waals surface area contributed by atoms with E-state index in [9.17, 15) is 14.7 Å². The van der Waals surface area contributed by atoms with Gasteiger partial charge in [0, 0.05) is 18.9 Å². The summed E-state index contributed by atoms with van der Waals surface area (Å²) in [5.74, 6) is 0.0571. The third-order valence-corrected chi connectivity index (χ3v) is 4.92. The van der Waals surface area contributed by atoms with Gasteiger partial charge in [-0.25, -0.2) is 4.79 Å². The maximum Gasteiger partial charge on any atom is 0.331 e. The van der Waals surface area contributed by atoms with E-state index in [0.717, 1.165) is 11.3 Å². The minimum Gasteiger partial charge on any atom is -0.486 e. The predicted molar refractivity (Wildman–Crippen MR) is 82.2 cm³/mol. The number of benzene rings is 1. The molecule has 3 atom stereocenters. The molecule has 0 spiro atoms. The van der Waals surface area contributed by atoms with Gasteiger partial charge in [-0.15, -0.1) is 0 Å². The van der Waals surface area contributed by atoms with Gasteiger partial charge in [0.25, 0.3) is 0 Å². The summed E-state index contributed by atoms with van der Waals surface area (Å²) in [5, 5.41) is 12.1. The van der Waals surface area contributed by atoms with Gasteiger partial charge < -0.3 is 24.6 Å². The van der Waals surface area contributed by atoms with Crippen molar-refractivity contribution in [2.75, 3.05) is 26.4 Å². The first-order valence-corrected chi connectivity index (χ1v) is 8.12. The van der Waals surface area contributed by atoms with E-state index in [2.05, 4.69) is 5.32 Å². The Labute approximate surface area is 138 Å². The van der Waals surface area contributed by atoms with E-state index < -0.39 is 11.5 Å². The molecule has 1 amide bonds. The molecule has 1 aromatic carbocycles. The largest absolute Gasteiger partial charge is 0.486 e. The molecule has 2 fully saturated rings. The molecule has 128 valence electrons. The summed E-state index contributed by atoms with van der Waals surface area (Å²) in [4.78, 5) is 23.9. The van der Waals surface area contributed by atoms with Crippen LogP contribution in [-0.4, -0.2) is 48.9 Å². The van der Waals surface area contributed by atoms with E-state index in [0.29, 0.717) is 38.4 Å². The lowest BCUT2D eigenvalue weighted by molar-refractivity contribution is -0.147. The summed E-state index contributed by atoms with van der Waals surface area (Å²) in [7, 11) is 0. The number of fused-ring (bicyclic) bond motifs is 1. The van der Waals surface area contributed by atoms with Crippen molar-refractivity contribution in [1.82, 2.24) is 5.32 Å². The van der Waals surface area contributed by atoms with Gasteiger partial charge in [-0.2, -0.15) is 0 Å². The van der Waals surface area contributed by atoms with E-state index in [-0.39, 0.29) is 24.3 Å². The molecule has 2 aliphatic heterocycles. The van der Waals surface area contributed by atoms with Crippen molar-refractivity contribution in [2.45, 2.75) is 24.3 Å². The molecule has 0 aromatic heterocycles. The first kappa shape index (κ1) is 15.3. The summed E-state index contributed by atoms with van der Waals surface area (Å²) in [6.07, 6.45) is 1.01. The molecule has 7 nitrogen and oxygen atoms in total. The molecule has 3 unspecified atom stereocenters. The number of amides is 1. The van der Waals surface area contributed by atoms with E-state index in [4.69, 9.17) is 14.2 Å². The number of aliphatic carboxylic acids is 1. The topological polar surface area (TPSA) is 94.1 Å². The van der Waals surface area contributed by atoms with Gasteiger partial charge in [0.15, 0.2) is 17.0 Å². The second kappa shape index (κ2) is 5.66. The molecule has 0 radical (unpaired) electrons. The monoisotopic (exact) mass is 333 g/mol. The predicted octanol–water partition coefficient (Wildman–Crippen LogP) is 0.921. The highest BCUT2D eigenvalue weighted by atomic mass is 16.6. The fourth-order valence-electron chi connectivity index (χ4n) is 3.36. The quantitative estimate of drug-likeness (QED) is 0.851. The summed E-state index contributed by atoms with van der Waals surface area (Å²) in [6, 6.07) is 5.72. The first-order valence-electron chi connectivity index (χ1n) is 8.12. The minimum atomic E-state index is -1.28. The normalized spacial score (nSPS) is 30.7. The van der Waals surface area contributed by atoms with Gasteiger partial charge >= 0.3 is 5.97 Å². The van der Waals surface area contributed by atoms with E-state index in [1.807, 2.05) is 18.2 Å². The molecule has 7 heteroatoms. The number of hydrogen-bond acceptors (Lipinski definition) is 5. The Balaban J connectivity index is 1.44. The van der Waals surface area contributed by atoms with Crippen LogP contribution in [0, 0.1) is 5.92 Å². The van der Waals surface area contributed by atoms with Gasteiger partial charge in [-0.3, -0.25) is 4.79 Å².